The van der Waals surface area contributed by atoms with Crippen LogP contribution < -0.4 is 15.1 Å². The zero-order valence-electron chi connectivity index (χ0n) is 15.6. The van der Waals surface area contributed by atoms with Gasteiger partial charge in [-0.3, -0.25) is 4.79 Å². The van der Waals surface area contributed by atoms with Gasteiger partial charge in [0, 0.05) is 32.4 Å². The van der Waals surface area contributed by atoms with Crippen LogP contribution in [0.1, 0.15) is 10.4 Å². The molecule has 0 aliphatic carbocycles. The Kier molecular flexibility index (Phi) is 6.84. The van der Waals surface area contributed by atoms with E-state index in [1.807, 2.05) is 11.9 Å². The van der Waals surface area contributed by atoms with Crippen molar-refractivity contribution in [3.8, 4) is 5.75 Å². The van der Waals surface area contributed by atoms with E-state index in [2.05, 4.69) is 4.90 Å². The number of carboxylic acid groups (broad SMARTS) is 1. The van der Waals surface area contributed by atoms with E-state index in [0.29, 0.717) is 13.1 Å². The predicted molar refractivity (Wildman–Crippen MR) is 105 cm³/mol. The number of piperazine rings is 1. The molecule has 7 nitrogen and oxygen atoms in total. The Hall–Kier alpha value is -2.39. The van der Waals surface area contributed by atoms with Gasteiger partial charge in [0.1, 0.15) is 17.9 Å². The molecule has 1 N–H and O–H groups in total. The van der Waals surface area contributed by atoms with Crippen LogP contribution in [0.25, 0.3) is 10.9 Å². The minimum Gasteiger partial charge on any atom is -0.492 e. The second kappa shape index (κ2) is 8.74. The molecule has 0 saturated carbocycles. The number of methoxy groups -OCH3 is 1. The van der Waals surface area contributed by atoms with Crippen molar-refractivity contribution in [2.75, 3.05) is 51.9 Å². The molecular weight excluding hydrogens is 396 g/mol. The summed E-state index contributed by atoms with van der Waals surface area (Å²) in [5.74, 6) is -2.01. The highest BCUT2D eigenvalue weighted by atomic mass is 35.5. The summed E-state index contributed by atoms with van der Waals surface area (Å²) in [5.41, 5.74) is -0.965. The van der Waals surface area contributed by atoms with E-state index in [0.717, 1.165) is 25.4 Å². The third-order valence-corrected chi connectivity index (χ3v) is 4.82. The number of pyridine rings is 1. The Morgan fingerprint density at radius 3 is 2.46 bits per heavy atom. The summed E-state index contributed by atoms with van der Waals surface area (Å²) in [7, 11) is 3.32. The fraction of sp³-hybridized carbons (Fsp3) is 0.444. The molecular formula is C18H22ClF2N3O4. The van der Waals surface area contributed by atoms with Crippen molar-refractivity contribution in [3.05, 3.63) is 33.9 Å². The van der Waals surface area contributed by atoms with Crippen LogP contribution in [-0.4, -0.2) is 67.6 Å². The molecule has 1 aliphatic heterocycles. The monoisotopic (exact) mass is 417 g/mol. The maximum Gasteiger partial charge on any atom is 0.341 e. The number of ether oxygens (including phenoxy) is 1. The molecule has 2 aromatic rings. The van der Waals surface area contributed by atoms with E-state index < -0.39 is 29.5 Å². The Balaban J connectivity index is 0.00000280. The average molecular weight is 418 g/mol. The lowest BCUT2D eigenvalue weighted by Crippen LogP contribution is -2.45. The van der Waals surface area contributed by atoms with Crippen molar-refractivity contribution in [3.63, 3.8) is 0 Å². The zero-order chi connectivity index (χ0) is 19.7. The first-order valence-electron chi connectivity index (χ1n) is 8.55. The van der Waals surface area contributed by atoms with Crippen molar-refractivity contribution in [2.45, 2.75) is 6.54 Å². The number of hydrogen-bond acceptors (Lipinski definition) is 5. The zero-order valence-corrected chi connectivity index (χ0v) is 16.4. The molecule has 2 heterocycles. The fourth-order valence-electron chi connectivity index (χ4n) is 3.43. The molecule has 1 fully saturated rings. The van der Waals surface area contributed by atoms with E-state index in [9.17, 15) is 23.5 Å². The van der Waals surface area contributed by atoms with Gasteiger partial charge in [-0.15, -0.1) is 12.4 Å². The highest BCUT2D eigenvalue weighted by Gasteiger charge is 2.27. The van der Waals surface area contributed by atoms with Gasteiger partial charge in [0.25, 0.3) is 0 Å². The van der Waals surface area contributed by atoms with Crippen molar-refractivity contribution >= 4 is 35.0 Å². The van der Waals surface area contributed by atoms with Gasteiger partial charge in [-0.05, 0) is 13.1 Å². The van der Waals surface area contributed by atoms with Gasteiger partial charge in [0.15, 0.2) is 11.6 Å². The van der Waals surface area contributed by atoms with Crippen LogP contribution in [0.4, 0.5) is 14.5 Å². The number of rotatable bonds is 5. The van der Waals surface area contributed by atoms with Crippen LogP contribution in [0, 0.1) is 5.82 Å². The standard InChI is InChI=1S/C18H21F2N3O4.ClH/c1-21-5-7-22(8-6-21)15-13(20)9-11-14(17(15)27-2)23(4-3-19)10-12(16(11)24)18(25)26;/h9-10H,3-8H2,1-2H3,(H,25,26);1H. The smallest absolute Gasteiger partial charge is 0.341 e. The molecule has 0 bridgehead atoms. The Morgan fingerprint density at radius 1 is 1.29 bits per heavy atom. The van der Waals surface area contributed by atoms with Crippen LogP contribution in [0.2, 0.25) is 0 Å². The summed E-state index contributed by atoms with van der Waals surface area (Å²) in [6, 6.07) is 1.02. The Morgan fingerprint density at radius 2 is 1.93 bits per heavy atom. The van der Waals surface area contributed by atoms with E-state index in [-0.39, 0.29) is 41.3 Å². The maximum atomic E-state index is 15.0. The molecule has 1 aromatic heterocycles. The normalized spacial score (nSPS) is 14.8. The molecule has 1 saturated heterocycles. The van der Waals surface area contributed by atoms with Gasteiger partial charge in [0.05, 0.1) is 24.6 Å². The van der Waals surface area contributed by atoms with Gasteiger partial charge in [-0.1, -0.05) is 0 Å². The molecule has 0 unspecified atom stereocenters. The summed E-state index contributed by atoms with van der Waals surface area (Å²) < 4.78 is 34.8. The number of aryl methyl sites for hydroxylation is 1. The topological polar surface area (TPSA) is 75.0 Å². The van der Waals surface area contributed by atoms with Crippen molar-refractivity contribution in [1.29, 1.82) is 0 Å². The number of nitrogens with zero attached hydrogens (tertiary/aromatic N) is 3. The number of aromatic nitrogens is 1. The maximum absolute atomic E-state index is 15.0. The number of fused-ring (bicyclic) bond motifs is 1. The summed E-state index contributed by atoms with van der Waals surface area (Å²) in [4.78, 5) is 27.8. The predicted octanol–water partition coefficient (Wildman–Crippen LogP) is 1.99. The van der Waals surface area contributed by atoms with Crippen LogP contribution in [0.15, 0.2) is 17.1 Å². The highest BCUT2D eigenvalue weighted by Crippen LogP contribution is 2.38. The molecule has 10 heteroatoms. The van der Waals surface area contributed by atoms with E-state index >= 15 is 0 Å². The van der Waals surface area contributed by atoms with Gasteiger partial charge in [-0.25, -0.2) is 13.6 Å². The van der Waals surface area contributed by atoms with Gasteiger partial charge < -0.3 is 24.2 Å². The molecule has 0 spiro atoms. The number of aromatic carboxylic acids is 1. The number of carbonyl (C=O) groups is 1. The van der Waals surface area contributed by atoms with Crippen LogP contribution >= 0.6 is 12.4 Å². The van der Waals surface area contributed by atoms with Gasteiger partial charge in [-0.2, -0.15) is 0 Å². The Bertz CT molecular complexity index is 943. The molecule has 1 aromatic carbocycles. The van der Waals surface area contributed by atoms with Crippen molar-refractivity contribution in [2.24, 2.45) is 0 Å². The minimum atomic E-state index is -1.45. The lowest BCUT2D eigenvalue weighted by Gasteiger charge is -2.35. The molecule has 3 rings (SSSR count). The van der Waals surface area contributed by atoms with Crippen LogP contribution in [-0.2, 0) is 6.54 Å². The van der Waals surface area contributed by atoms with E-state index in [4.69, 9.17) is 4.74 Å². The number of hydrogen-bond donors (Lipinski definition) is 1. The first-order valence-corrected chi connectivity index (χ1v) is 8.55. The quantitative estimate of drug-likeness (QED) is 0.802. The molecule has 154 valence electrons. The first-order chi connectivity index (χ1) is 12.9. The van der Waals surface area contributed by atoms with Crippen molar-refractivity contribution < 1.29 is 23.4 Å². The molecule has 0 amide bonds. The minimum absolute atomic E-state index is 0. The molecule has 0 atom stereocenters. The van der Waals surface area contributed by atoms with E-state index in [1.54, 1.807) is 0 Å². The third kappa shape index (κ3) is 3.77. The summed E-state index contributed by atoms with van der Waals surface area (Å²) in [6.45, 7) is 1.64. The molecule has 28 heavy (non-hydrogen) atoms. The SMILES string of the molecule is COc1c(N2CCN(C)CC2)c(F)cc2c(=O)c(C(=O)O)cn(CCF)c12.Cl. The van der Waals surface area contributed by atoms with Crippen LogP contribution in [0.3, 0.4) is 0 Å². The summed E-state index contributed by atoms with van der Waals surface area (Å²) in [5, 5.41) is 9.11. The second-order valence-electron chi connectivity index (χ2n) is 6.49. The molecule has 0 radical (unpaired) electrons. The highest BCUT2D eigenvalue weighted by molar-refractivity contribution is 5.97. The Labute approximate surface area is 166 Å². The van der Waals surface area contributed by atoms with Gasteiger partial charge >= 0.3 is 5.97 Å². The number of halogens is 3. The lowest BCUT2D eigenvalue weighted by atomic mass is 10.1. The first kappa shape index (κ1) is 21.9. The number of alkyl halides is 1. The largest absolute Gasteiger partial charge is 0.492 e. The molecule has 1 aliphatic rings. The van der Waals surface area contributed by atoms with Crippen LogP contribution in [0.5, 0.6) is 5.75 Å². The third-order valence-electron chi connectivity index (χ3n) is 4.82. The second-order valence-corrected chi connectivity index (χ2v) is 6.49. The number of carboxylic acids is 1. The number of benzene rings is 1. The average Bonchev–Trinajstić information content (AvgIpc) is 2.64. The number of likely N-dealkylation sites (N-methyl/N-ethyl adjacent to an activating group) is 1. The van der Waals surface area contributed by atoms with Crippen molar-refractivity contribution in [1.82, 2.24) is 9.47 Å². The fourth-order valence-corrected chi connectivity index (χ4v) is 3.43. The van der Waals surface area contributed by atoms with E-state index in [1.165, 1.54) is 11.7 Å². The lowest BCUT2D eigenvalue weighted by molar-refractivity contribution is 0.0694. The van der Waals surface area contributed by atoms with Gasteiger partial charge in [0.2, 0.25) is 5.43 Å². The summed E-state index contributed by atoms with van der Waals surface area (Å²) >= 11 is 0. The summed E-state index contributed by atoms with van der Waals surface area (Å²) in [6.07, 6.45) is 1.08. The number of anilines is 1.